The largest absolute Gasteiger partial charge is 0.484 e. The molecule has 0 bridgehead atoms. The Labute approximate surface area is 255 Å². The van der Waals surface area contributed by atoms with E-state index in [0.29, 0.717) is 37.6 Å². The maximum absolute atomic E-state index is 13.5. The molecule has 5 rings (SSSR count). The molecular weight excluding hydrogens is 558 g/mol. The molecule has 1 saturated heterocycles. The molecule has 1 amide bonds. The van der Waals surface area contributed by atoms with Crippen LogP contribution < -0.4 is 10.1 Å². The predicted octanol–water partition coefficient (Wildman–Crippen LogP) is 6.10. The maximum Gasteiger partial charge on any atom is 0.262 e. The Morgan fingerprint density at radius 3 is 1.81 bits per heavy atom. The number of piperazine rings is 1. The average Bonchev–Trinajstić information content (AvgIpc) is 3.02. The van der Waals surface area contributed by atoms with Gasteiger partial charge in [0, 0.05) is 31.9 Å². The van der Waals surface area contributed by atoms with Gasteiger partial charge in [-0.3, -0.25) is 9.69 Å². The van der Waals surface area contributed by atoms with Crippen molar-refractivity contribution in [2.75, 3.05) is 38.1 Å². The van der Waals surface area contributed by atoms with Crippen LogP contribution in [0.1, 0.15) is 43.5 Å². The van der Waals surface area contributed by atoms with Crippen LogP contribution in [0.3, 0.4) is 0 Å². The van der Waals surface area contributed by atoms with Crippen LogP contribution in [0.15, 0.2) is 114 Å². The number of nitrogens with zero attached hydrogens (tertiary/aromatic N) is 2. The summed E-state index contributed by atoms with van der Waals surface area (Å²) in [6.45, 7) is 8.28. The molecule has 1 aliphatic heterocycles. The highest BCUT2D eigenvalue weighted by molar-refractivity contribution is 7.89. The molecule has 1 aliphatic rings. The molecule has 0 unspecified atom stereocenters. The molecule has 224 valence electrons. The fourth-order valence-corrected chi connectivity index (χ4v) is 6.77. The highest BCUT2D eigenvalue weighted by atomic mass is 32.2. The molecule has 0 spiro atoms. The lowest BCUT2D eigenvalue weighted by atomic mass is 9.87. The van der Waals surface area contributed by atoms with Gasteiger partial charge in [0.05, 0.1) is 10.9 Å². The van der Waals surface area contributed by atoms with Crippen LogP contribution in [-0.4, -0.2) is 56.3 Å². The molecule has 8 heteroatoms. The monoisotopic (exact) mass is 597 g/mol. The predicted molar refractivity (Wildman–Crippen MR) is 171 cm³/mol. The lowest BCUT2D eigenvalue weighted by Gasteiger charge is -2.39. The summed E-state index contributed by atoms with van der Waals surface area (Å²) < 4.78 is 34.1. The smallest absolute Gasteiger partial charge is 0.262 e. The number of nitrogens with one attached hydrogen (secondary N) is 1. The number of benzene rings is 4. The Morgan fingerprint density at radius 2 is 1.30 bits per heavy atom. The van der Waals surface area contributed by atoms with Crippen LogP contribution in [0.4, 0.5) is 5.69 Å². The quantitative estimate of drug-likeness (QED) is 0.252. The Kier molecular flexibility index (Phi) is 9.30. The molecule has 0 aromatic heterocycles. The highest BCUT2D eigenvalue weighted by Crippen LogP contribution is 2.31. The molecule has 1 N–H and O–H groups in total. The van der Waals surface area contributed by atoms with Crippen LogP contribution in [0.5, 0.6) is 5.75 Å². The van der Waals surface area contributed by atoms with Crippen LogP contribution in [0, 0.1) is 0 Å². The van der Waals surface area contributed by atoms with Crippen molar-refractivity contribution in [3.63, 3.8) is 0 Å². The van der Waals surface area contributed by atoms with E-state index in [9.17, 15) is 13.2 Å². The van der Waals surface area contributed by atoms with Gasteiger partial charge in [0.25, 0.3) is 5.91 Å². The Morgan fingerprint density at radius 1 is 0.767 bits per heavy atom. The minimum absolute atomic E-state index is 0.0394. The first-order valence-corrected chi connectivity index (χ1v) is 16.0. The first-order chi connectivity index (χ1) is 20.6. The molecule has 0 aliphatic carbocycles. The van der Waals surface area contributed by atoms with E-state index in [1.54, 1.807) is 28.6 Å². The molecular formula is C35H39N3O4S. The second-order valence-electron chi connectivity index (χ2n) is 11.8. The van der Waals surface area contributed by atoms with Crippen molar-refractivity contribution in [3.05, 3.63) is 126 Å². The zero-order chi connectivity index (χ0) is 30.5. The summed E-state index contributed by atoms with van der Waals surface area (Å²) in [5, 5.41) is 2.78. The van der Waals surface area contributed by atoms with Crippen molar-refractivity contribution in [2.24, 2.45) is 0 Å². The number of amides is 1. The van der Waals surface area contributed by atoms with Crippen LogP contribution in [0.2, 0.25) is 0 Å². The molecule has 4 aromatic rings. The zero-order valence-corrected chi connectivity index (χ0v) is 25.8. The number of rotatable bonds is 9. The van der Waals surface area contributed by atoms with Gasteiger partial charge in [0.15, 0.2) is 6.61 Å². The number of anilines is 1. The number of carbonyl (C=O) groups is 1. The average molecular weight is 598 g/mol. The maximum atomic E-state index is 13.5. The van der Waals surface area contributed by atoms with E-state index in [4.69, 9.17) is 4.74 Å². The van der Waals surface area contributed by atoms with Crippen molar-refractivity contribution in [1.29, 1.82) is 0 Å². The van der Waals surface area contributed by atoms with E-state index in [-0.39, 0.29) is 28.9 Å². The molecule has 1 heterocycles. The molecule has 4 aromatic carbocycles. The Bertz CT molecular complexity index is 1550. The van der Waals surface area contributed by atoms with Gasteiger partial charge in [-0.1, -0.05) is 93.6 Å². The van der Waals surface area contributed by atoms with Crippen molar-refractivity contribution in [2.45, 2.75) is 37.1 Å². The standard InChI is InChI=1S/C35H39N3O4S/c1-35(2,3)29-14-18-31(19-15-29)42-26-33(39)36-30-16-20-32(21-17-30)43(40,41)38-24-22-37(23-25-38)34(27-10-6-4-7-11-27)28-12-8-5-9-13-28/h4-21,34H,22-26H2,1-3H3,(H,36,39). The fraction of sp³-hybridized carbons (Fsp3) is 0.286. The summed E-state index contributed by atoms with van der Waals surface area (Å²) in [7, 11) is -3.68. The normalized spacial score (nSPS) is 14.9. The summed E-state index contributed by atoms with van der Waals surface area (Å²) in [6, 6.07) is 34.7. The SMILES string of the molecule is CC(C)(C)c1ccc(OCC(=O)Nc2ccc(S(=O)(=O)N3CCN(C(c4ccccc4)c4ccccc4)CC3)cc2)cc1. The number of hydrogen-bond acceptors (Lipinski definition) is 5. The summed E-state index contributed by atoms with van der Waals surface area (Å²) >= 11 is 0. The molecule has 7 nitrogen and oxygen atoms in total. The molecule has 1 fully saturated rings. The second kappa shape index (κ2) is 13.1. The second-order valence-corrected chi connectivity index (χ2v) is 13.7. The number of carbonyl (C=O) groups excluding carboxylic acids is 1. The van der Waals surface area contributed by atoms with Crippen LogP contribution in [0.25, 0.3) is 0 Å². The van der Waals surface area contributed by atoms with E-state index in [1.165, 1.54) is 16.7 Å². The van der Waals surface area contributed by atoms with Crippen LogP contribution >= 0.6 is 0 Å². The van der Waals surface area contributed by atoms with Gasteiger partial charge >= 0.3 is 0 Å². The Hall–Kier alpha value is -3.98. The van der Waals surface area contributed by atoms with Crippen molar-refractivity contribution in [3.8, 4) is 5.75 Å². The summed E-state index contributed by atoms with van der Waals surface area (Å²) in [5.41, 5.74) is 4.11. The van der Waals surface area contributed by atoms with E-state index >= 15 is 0 Å². The minimum Gasteiger partial charge on any atom is -0.484 e. The van der Waals surface area contributed by atoms with Gasteiger partial charge in [0.1, 0.15) is 5.75 Å². The molecule has 43 heavy (non-hydrogen) atoms. The number of hydrogen-bond donors (Lipinski definition) is 1. The van der Waals surface area contributed by atoms with E-state index < -0.39 is 10.0 Å². The lowest BCUT2D eigenvalue weighted by Crippen LogP contribution is -2.49. The van der Waals surface area contributed by atoms with Crippen molar-refractivity contribution < 1.29 is 17.9 Å². The summed E-state index contributed by atoms with van der Waals surface area (Å²) in [5.74, 6) is 0.293. The first kappa shape index (κ1) is 30.5. The molecule has 0 saturated carbocycles. The third-order valence-corrected chi connectivity index (χ3v) is 9.65. The van der Waals surface area contributed by atoms with E-state index in [1.807, 2.05) is 60.7 Å². The third kappa shape index (κ3) is 7.51. The Balaban J connectivity index is 1.17. The zero-order valence-electron chi connectivity index (χ0n) is 24.9. The van der Waals surface area contributed by atoms with E-state index in [0.717, 1.165) is 0 Å². The summed E-state index contributed by atoms with van der Waals surface area (Å²) in [6.07, 6.45) is 0. The fourth-order valence-electron chi connectivity index (χ4n) is 5.34. The van der Waals surface area contributed by atoms with Gasteiger partial charge in [0.2, 0.25) is 10.0 Å². The minimum atomic E-state index is -3.68. The van der Waals surface area contributed by atoms with Crippen molar-refractivity contribution >= 4 is 21.6 Å². The van der Waals surface area contributed by atoms with Gasteiger partial charge in [-0.15, -0.1) is 0 Å². The summed E-state index contributed by atoms with van der Waals surface area (Å²) in [4.78, 5) is 15.0. The van der Waals surface area contributed by atoms with Crippen molar-refractivity contribution in [1.82, 2.24) is 9.21 Å². The van der Waals surface area contributed by atoms with Gasteiger partial charge < -0.3 is 10.1 Å². The highest BCUT2D eigenvalue weighted by Gasteiger charge is 2.32. The first-order valence-electron chi connectivity index (χ1n) is 14.6. The van der Waals surface area contributed by atoms with Gasteiger partial charge in [-0.05, 0) is 58.5 Å². The van der Waals surface area contributed by atoms with Gasteiger partial charge in [-0.25, -0.2) is 8.42 Å². The number of sulfonamides is 1. The number of ether oxygens (including phenoxy) is 1. The third-order valence-electron chi connectivity index (χ3n) is 7.74. The molecule has 0 radical (unpaired) electrons. The molecule has 0 atom stereocenters. The van der Waals surface area contributed by atoms with Crippen LogP contribution in [-0.2, 0) is 20.2 Å². The topological polar surface area (TPSA) is 78.9 Å². The van der Waals surface area contributed by atoms with E-state index in [2.05, 4.69) is 55.3 Å². The van der Waals surface area contributed by atoms with Gasteiger partial charge in [-0.2, -0.15) is 4.31 Å². The lowest BCUT2D eigenvalue weighted by molar-refractivity contribution is -0.118.